The van der Waals surface area contributed by atoms with E-state index >= 15 is 0 Å². The zero-order chi connectivity index (χ0) is 18.8. The molecule has 0 aliphatic carbocycles. The van der Waals surface area contributed by atoms with E-state index < -0.39 is 0 Å². The Morgan fingerprint density at radius 1 is 0.960 bits per heavy atom. The van der Waals surface area contributed by atoms with Crippen LogP contribution in [-0.2, 0) is 25.6 Å². The van der Waals surface area contributed by atoms with Crippen molar-refractivity contribution in [2.45, 2.75) is 59.3 Å². The van der Waals surface area contributed by atoms with Gasteiger partial charge in [0.2, 0.25) is 5.91 Å². The van der Waals surface area contributed by atoms with Gasteiger partial charge in [0.1, 0.15) is 17.3 Å². The number of carbonyl (C=O) groups excluding carboxylic acids is 4. The molecule has 0 heterocycles. The molecule has 0 fully saturated rings. The maximum absolute atomic E-state index is 11.9. The number of hydrogen-bond acceptors (Lipinski definition) is 4. The minimum atomic E-state index is -0.113. The Hall–Kier alpha value is -2.30. The van der Waals surface area contributed by atoms with Crippen LogP contribution in [0.2, 0.25) is 0 Å². The number of ketones is 3. The summed E-state index contributed by atoms with van der Waals surface area (Å²) in [7, 11) is 0. The lowest BCUT2D eigenvalue weighted by Gasteiger charge is -2.07. The Kier molecular flexibility index (Phi) is 8.75. The Balaban J connectivity index is 2.36. The fourth-order valence-electron chi connectivity index (χ4n) is 2.34. The van der Waals surface area contributed by atoms with Crippen molar-refractivity contribution in [2.75, 3.05) is 5.32 Å². The fraction of sp³-hybridized carbons (Fsp3) is 0.500. The number of hydrogen-bond donors (Lipinski definition) is 1. The van der Waals surface area contributed by atoms with E-state index in [2.05, 4.69) is 5.32 Å². The third-order valence-electron chi connectivity index (χ3n) is 3.85. The van der Waals surface area contributed by atoms with Gasteiger partial charge in [-0.15, -0.1) is 0 Å². The van der Waals surface area contributed by atoms with Gasteiger partial charge < -0.3 is 5.32 Å². The first-order valence-corrected chi connectivity index (χ1v) is 8.70. The third kappa shape index (κ3) is 8.94. The second-order valence-corrected chi connectivity index (χ2v) is 6.64. The normalized spacial score (nSPS) is 10.6. The summed E-state index contributed by atoms with van der Waals surface area (Å²) < 4.78 is 0. The molecule has 0 saturated carbocycles. The van der Waals surface area contributed by atoms with Crippen LogP contribution in [0, 0.1) is 5.92 Å². The molecule has 0 radical (unpaired) electrons. The molecular weight excluding hydrogens is 318 g/mol. The molecule has 0 unspecified atom stereocenters. The molecule has 136 valence electrons. The van der Waals surface area contributed by atoms with Crippen LogP contribution in [0.1, 0.15) is 58.4 Å². The first-order chi connectivity index (χ1) is 11.8. The van der Waals surface area contributed by atoms with E-state index in [-0.39, 0.29) is 35.6 Å². The smallest absolute Gasteiger partial charge is 0.224 e. The predicted octanol–water partition coefficient (Wildman–Crippen LogP) is 3.50. The van der Waals surface area contributed by atoms with E-state index in [1.165, 1.54) is 6.92 Å². The highest BCUT2D eigenvalue weighted by atomic mass is 16.2. The van der Waals surface area contributed by atoms with Gasteiger partial charge in [0, 0.05) is 30.9 Å². The third-order valence-corrected chi connectivity index (χ3v) is 3.85. The second-order valence-electron chi connectivity index (χ2n) is 6.64. The van der Waals surface area contributed by atoms with Crippen LogP contribution in [0.25, 0.3) is 0 Å². The number of Topliss-reactive ketones (excluding diaryl/α,β-unsaturated/α-hetero) is 3. The lowest BCUT2D eigenvalue weighted by molar-refractivity contribution is -0.126. The Bertz CT molecular complexity index is 617. The van der Waals surface area contributed by atoms with Gasteiger partial charge in [-0.25, -0.2) is 0 Å². The van der Waals surface area contributed by atoms with Gasteiger partial charge in [0.15, 0.2) is 0 Å². The van der Waals surface area contributed by atoms with Crippen molar-refractivity contribution < 1.29 is 19.2 Å². The zero-order valence-corrected chi connectivity index (χ0v) is 15.3. The lowest BCUT2D eigenvalue weighted by atomic mass is 10.0. The molecule has 1 aromatic rings. The predicted molar refractivity (Wildman–Crippen MR) is 97.4 cm³/mol. The summed E-state index contributed by atoms with van der Waals surface area (Å²) in [6.07, 6.45) is 2.22. The summed E-state index contributed by atoms with van der Waals surface area (Å²) >= 11 is 0. The summed E-state index contributed by atoms with van der Waals surface area (Å²) in [4.78, 5) is 45.8. The molecule has 0 aliphatic rings. The minimum Gasteiger partial charge on any atom is -0.326 e. The number of nitrogens with one attached hydrogen (secondary N) is 1. The topological polar surface area (TPSA) is 80.3 Å². The highest BCUT2D eigenvalue weighted by Gasteiger charge is 2.09. The number of anilines is 1. The van der Waals surface area contributed by atoms with E-state index in [1.807, 2.05) is 26.0 Å². The van der Waals surface area contributed by atoms with E-state index in [1.54, 1.807) is 12.1 Å². The quantitative estimate of drug-likeness (QED) is 0.622. The van der Waals surface area contributed by atoms with E-state index in [0.717, 1.165) is 5.56 Å². The summed E-state index contributed by atoms with van der Waals surface area (Å²) in [6, 6.07) is 7.31. The van der Waals surface area contributed by atoms with Crippen LogP contribution >= 0.6 is 0 Å². The SMILES string of the molecule is CC(=O)CC(=O)CCc1ccc(NC(=O)CCCC(=O)C(C)C)cc1. The number of rotatable bonds is 11. The second kappa shape index (κ2) is 10.5. The molecule has 1 rings (SSSR count). The molecular formula is C20H27NO4. The van der Waals surface area contributed by atoms with Crippen molar-refractivity contribution in [1.82, 2.24) is 0 Å². The minimum absolute atomic E-state index is 0.00650. The summed E-state index contributed by atoms with van der Waals surface area (Å²) in [6.45, 7) is 5.13. The zero-order valence-electron chi connectivity index (χ0n) is 15.3. The van der Waals surface area contributed by atoms with Gasteiger partial charge in [0.05, 0.1) is 6.42 Å². The Morgan fingerprint density at radius 2 is 1.60 bits per heavy atom. The molecule has 0 spiro atoms. The highest BCUT2D eigenvalue weighted by molar-refractivity contribution is 5.98. The number of carbonyl (C=O) groups is 4. The molecule has 1 amide bonds. The van der Waals surface area contributed by atoms with E-state index in [9.17, 15) is 19.2 Å². The Labute approximate surface area is 149 Å². The fourth-order valence-corrected chi connectivity index (χ4v) is 2.34. The highest BCUT2D eigenvalue weighted by Crippen LogP contribution is 2.13. The molecule has 0 aromatic heterocycles. The summed E-state index contributed by atoms with van der Waals surface area (Å²) in [5.74, 6) is -0.0886. The van der Waals surface area contributed by atoms with Crippen molar-refractivity contribution in [2.24, 2.45) is 5.92 Å². The number of aryl methyl sites for hydroxylation is 1. The average molecular weight is 345 g/mol. The van der Waals surface area contributed by atoms with E-state index in [4.69, 9.17) is 0 Å². The molecule has 5 heteroatoms. The molecule has 1 aromatic carbocycles. The molecule has 0 bridgehead atoms. The molecule has 25 heavy (non-hydrogen) atoms. The Morgan fingerprint density at radius 3 is 2.16 bits per heavy atom. The summed E-state index contributed by atoms with van der Waals surface area (Å²) in [5.41, 5.74) is 1.68. The van der Waals surface area contributed by atoms with Crippen LogP contribution in [0.4, 0.5) is 5.69 Å². The first-order valence-electron chi connectivity index (χ1n) is 8.70. The van der Waals surface area contributed by atoms with Crippen LogP contribution < -0.4 is 5.32 Å². The largest absolute Gasteiger partial charge is 0.326 e. The van der Waals surface area contributed by atoms with Gasteiger partial charge in [0.25, 0.3) is 0 Å². The average Bonchev–Trinajstić information content (AvgIpc) is 2.53. The molecule has 0 saturated heterocycles. The molecule has 1 N–H and O–H groups in total. The van der Waals surface area contributed by atoms with Gasteiger partial charge in [-0.1, -0.05) is 26.0 Å². The maximum atomic E-state index is 11.9. The first kappa shape index (κ1) is 20.7. The van der Waals surface area contributed by atoms with Crippen molar-refractivity contribution in [3.05, 3.63) is 29.8 Å². The standard InChI is InChI=1S/C20H27NO4/c1-14(2)19(24)5-4-6-20(25)21-17-10-7-16(8-11-17)9-12-18(23)13-15(3)22/h7-8,10-11,14H,4-6,9,12-13H2,1-3H3,(H,21,25). The van der Waals surface area contributed by atoms with Crippen LogP contribution in [0.5, 0.6) is 0 Å². The van der Waals surface area contributed by atoms with Gasteiger partial charge >= 0.3 is 0 Å². The van der Waals surface area contributed by atoms with Crippen molar-refractivity contribution in [3.8, 4) is 0 Å². The monoisotopic (exact) mass is 345 g/mol. The van der Waals surface area contributed by atoms with Gasteiger partial charge in [-0.05, 0) is 37.5 Å². The van der Waals surface area contributed by atoms with Crippen molar-refractivity contribution in [3.63, 3.8) is 0 Å². The number of amides is 1. The van der Waals surface area contributed by atoms with Crippen LogP contribution in [0.15, 0.2) is 24.3 Å². The van der Waals surface area contributed by atoms with E-state index in [0.29, 0.717) is 37.8 Å². The summed E-state index contributed by atoms with van der Waals surface area (Å²) in [5, 5.41) is 2.80. The van der Waals surface area contributed by atoms with Gasteiger partial charge in [-0.3, -0.25) is 19.2 Å². The molecule has 0 aliphatic heterocycles. The number of benzene rings is 1. The van der Waals surface area contributed by atoms with Crippen molar-refractivity contribution >= 4 is 28.9 Å². The van der Waals surface area contributed by atoms with Gasteiger partial charge in [-0.2, -0.15) is 0 Å². The molecule has 5 nitrogen and oxygen atoms in total. The maximum Gasteiger partial charge on any atom is 0.224 e. The van der Waals surface area contributed by atoms with Crippen molar-refractivity contribution in [1.29, 1.82) is 0 Å². The molecule has 0 atom stereocenters. The lowest BCUT2D eigenvalue weighted by Crippen LogP contribution is -2.13. The van der Waals surface area contributed by atoms with Crippen LogP contribution in [0.3, 0.4) is 0 Å². The van der Waals surface area contributed by atoms with Crippen LogP contribution in [-0.4, -0.2) is 23.3 Å².